The normalized spacial score (nSPS) is 11.5. The van der Waals surface area contributed by atoms with E-state index in [2.05, 4.69) is 46.9 Å². The summed E-state index contributed by atoms with van der Waals surface area (Å²) in [7, 11) is 0. The highest BCUT2D eigenvalue weighted by Crippen LogP contribution is 2.38. The molecule has 0 saturated carbocycles. The molecule has 0 aliphatic rings. The summed E-state index contributed by atoms with van der Waals surface area (Å²) >= 11 is 0. The van der Waals surface area contributed by atoms with Crippen molar-refractivity contribution in [3.05, 3.63) is 79.3 Å². The lowest BCUT2D eigenvalue weighted by molar-refractivity contribution is 0.223. The van der Waals surface area contributed by atoms with Crippen molar-refractivity contribution in [2.75, 3.05) is 26.2 Å². The third-order valence-electron chi connectivity index (χ3n) is 6.00. The molecule has 0 amide bonds. The van der Waals surface area contributed by atoms with E-state index in [1.165, 1.54) is 0 Å². The number of nitrogens with zero attached hydrogens (tertiary/aromatic N) is 5. The lowest BCUT2D eigenvalue weighted by Gasteiger charge is -2.18. The van der Waals surface area contributed by atoms with Crippen LogP contribution in [-0.4, -0.2) is 50.7 Å². The zero-order chi connectivity index (χ0) is 22.6. The summed E-state index contributed by atoms with van der Waals surface area (Å²) in [5.41, 5.74) is 5.76. The minimum absolute atomic E-state index is 0.657. The summed E-state index contributed by atoms with van der Waals surface area (Å²) in [5.74, 6) is 0.837. The molecule has 0 spiro atoms. The van der Waals surface area contributed by atoms with Gasteiger partial charge in [0, 0.05) is 42.2 Å². The van der Waals surface area contributed by atoms with Gasteiger partial charge in [-0.1, -0.05) is 26.0 Å². The molecule has 0 saturated heterocycles. The Morgan fingerprint density at radius 1 is 0.909 bits per heavy atom. The largest absolute Gasteiger partial charge is 0.492 e. The van der Waals surface area contributed by atoms with Crippen LogP contribution in [0.5, 0.6) is 5.75 Å². The maximum Gasteiger partial charge on any atom is 0.121 e. The fourth-order valence-corrected chi connectivity index (χ4v) is 4.21. The maximum atomic E-state index is 6.03. The second kappa shape index (κ2) is 9.38. The van der Waals surface area contributed by atoms with Gasteiger partial charge in [-0.3, -0.25) is 9.97 Å². The summed E-state index contributed by atoms with van der Waals surface area (Å²) in [4.78, 5) is 11.6. The van der Waals surface area contributed by atoms with Crippen LogP contribution in [0, 0.1) is 0 Å². The molecule has 0 unspecified atom stereocenters. The van der Waals surface area contributed by atoms with Gasteiger partial charge in [0.15, 0.2) is 0 Å². The van der Waals surface area contributed by atoms with E-state index in [-0.39, 0.29) is 0 Å². The van der Waals surface area contributed by atoms with Crippen LogP contribution in [-0.2, 0) is 0 Å². The van der Waals surface area contributed by atoms with Crippen LogP contribution in [0.4, 0.5) is 0 Å². The molecule has 0 bridgehead atoms. The van der Waals surface area contributed by atoms with E-state index in [4.69, 9.17) is 9.84 Å². The first-order valence-electron chi connectivity index (χ1n) is 11.4. The molecule has 1 aromatic carbocycles. The second-order valence-electron chi connectivity index (χ2n) is 7.88. The first-order chi connectivity index (χ1) is 16.3. The first kappa shape index (κ1) is 21.1. The molecule has 4 aromatic heterocycles. The van der Waals surface area contributed by atoms with Gasteiger partial charge in [0.2, 0.25) is 0 Å². The van der Waals surface area contributed by atoms with E-state index in [0.29, 0.717) is 6.61 Å². The standard InChI is InChI=1S/C27H27N5O/c1-3-31(4-2)17-18-33-20-11-12-21-22(13-15-29-24(21)19-20)26-25-10-6-8-16-32(25)30-27(26)23-9-5-7-14-28-23/h5-16,19H,3-4,17-18H2,1-2H3. The lowest BCUT2D eigenvalue weighted by atomic mass is 9.98. The first-order valence-corrected chi connectivity index (χ1v) is 11.4. The Morgan fingerprint density at radius 3 is 2.61 bits per heavy atom. The van der Waals surface area contributed by atoms with Crippen molar-refractivity contribution in [2.24, 2.45) is 0 Å². The van der Waals surface area contributed by atoms with Crippen molar-refractivity contribution < 1.29 is 4.74 Å². The molecule has 5 aromatic rings. The van der Waals surface area contributed by atoms with E-state index in [1.54, 1.807) is 6.20 Å². The topological polar surface area (TPSA) is 55.5 Å². The molecule has 6 nitrogen and oxygen atoms in total. The molecule has 0 atom stereocenters. The SMILES string of the molecule is CCN(CC)CCOc1ccc2c(-c3c(-c4ccccn4)nn4ccccc34)ccnc2c1. The molecule has 166 valence electrons. The van der Waals surface area contributed by atoms with Crippen molar-refractivity contribution in [3.63, 3.8) is 0 Å². The number of hydrogen-bond donors (Lipinski definition) is 0. The van der Waals surface area contributed by atoms with E-state index < -0.39 is 0 Å². The number of likely N-dealkylation sites (N-methyl/N-ethyl adjacent to an activating group) is 1. The highest BCUT2D eigenvalue weighted by Gasteiger charge is 2.19. The molecule has 33 heavy (non-hydrogen) atoms. The minimum Gasteiger partial charge on any atom is -0.492 e. The Bertz CT molecular complexity index is 1380. The molecule has 4 heterocycles. The minimum atomic E-state index is 0.657. The second-order valence-corrected chi connectivity index (χ2v) is 7.88. The van der Waals surface area contributed by atoms with Crippen LogP contribution < -0.4 is 4.74 Å². The van der Waals surface area contributed by atoms with Gasteiger partial charge in [-0.15, -0.1) is 0 Å². The molecule has 0 fully saturated rings. The summed E-state index contributed by atoms with van der Waals surface area (Å²) in [6, 6.07) is 20.2. The van der Waals surface area contributed by atoms with Gasteiger partial charge >= 0.3 is 0 Å². The smallest absolute Gasteiger partial charge is 0.121 e. The van der Waals surface area contributed by atoms with E-state index in [1.807, 2.05) is 59.4 Å². The number of benzene rings is 1. The zero-order valence-corrected chi connectivity index (χ0v) is 19.0. The molecule has 0 radical (unpaired) electrons. The maximum absolute atomic E-state index is 6.03. The summed E-state index contributed by atoms with van der Waals surface area (Å²) in [6.45, 7) is 7.97. The highest BCUT2D eigenvalue weighted by molar-refractivity contribution is 6.03. The molecular weight excluding hydrogens is 410 g/mol. The Morgan fingerprint density at radius 2 is 1.79 bits per heavy atom. The van der Waals surface area contributed by atoms with Crippen molar-refractivity contribution in [3.8, 4) is 28.3 Å². The number of ether oxygens (including phenoxy) is 1. The molecule has 0 aliphatic carbocycles. The molecule has 0 aliphatic heterocycles. The highest BCUT2D eigenvalue weighted by atomic mass is 16.5. The van der Waals surface area contributed by atoms with Crippen LogP contribution >= 0.6 is 0 Å². The molecule has 5 rings (SSSR count). The van der Waals surface area contributed by atoms with E-state index in [9.17, 15) is 0 Å². The van der Waals surface area contributed by atoms with Gasteiger partial charge in [0.1, 0.15) is 18.1 Å². The third-order valence-corrected chi connectivity index (χ3v) is 6.00. The molecular formula is C27H27N5O. The Hall–Kier alpha value is -3.77. The monoisotopic (exact) mass is 437 g/mol. The van der Waals surface area contributed by atoms with Gasteiger partial charge < -0.3 is 9.64 Å². The van der Waals surface area contributed by atoms with Gasteiger partial charge in [-0.25, -0.2) is 4.52 Å². The summed E-state index contributed by atoms with van der Waals surface area (Å²) < 4.78 is 7.95. The Kier molecular flexibility index (Phi) is 6.00. The summed E-state index contributed by atoms with van der Waals surface area (Å²) in [6.07, 6.45) is 5.62. The van der Waals surface area contributed by atoms with Crippen LogP contribution in [0.15, 0.2) is 79.3 Å². The predicted octanol–water partition coefficient (Wildman–Crippen LogP) is 5.33. The fourth-order valence-electron chi connectivity index (χ4n) is 4.21. The molecule has 0 N–H and O–H groups in total. The number of aromatic nitrogens is 4. The van der Waals surface area contributed by atoms with Crippen LogP contribution in [0.25, 0.3) is 38.9 Å². The number of rotatable bonds is 8. The van der Waals surface area contributed by atoms with Crippen molar-refractivity contribution in [1.82, 2.24) is 24.5 Å². The van der Waals surface area contributed by atoms with E-state index >= 15 is 0 Å². The van der Waals surface area contributed by atoms with Crippen LogP contribution in [0.3, 0.4) is 0 Å². The van der Waals surface area contributed by atoms with Crippen molar-refractivity contribution in [1.29, 1.82) is 0 Å². The van der Waals surface area contributed by atoms with Gasteiger partial charge in [-0.2, -0.15) is 5.10 Å². The van der Waals surface area contributed by atoms with Gasteiger partial charge in [0.05, 0.1) is 16.7 Å². The fraction of sp³-hybridized carbons (Fsp3) is 0.222. The lowest BCUT2D eigenvalue weighted by Crippen LogP contribution is -2.27. The Labute approximate surface area is 193 Å². The number of fused-ring (bicyclic) bond motifs is 2. The van der Waals surface area contributed by atoms with Gasteiger partial charge in [0.25, 0.3) is 0 Å². The van der Waals surface area contributed by atoms with Crippen molar-refractivity contribution >= 4 is 16.4 Å². The van der Waals surface area contributed by atoms with Crippen LogP contribution in [0.1, 0.15) is 13.8 Å². The molecule has 6 heteroatoms. The number of pyridine rings is 3. The zero-order valence-electron chi connectivity index (χ0n) is 19.0. The predicted molar refractivity (Wildman–Crippen MR) is 132 cm³/mol. The van der Waals surface area contributed by atoms with Crippen LogP contribution in [0.2, 0.25) is 0 Å². The van der Waals surface area contributed by atoms with E-state index in [0.717, 1.165) is 64.3 Å². The quantitative estimate of drug-likeness (QED) is 0.328. The Balaban J connectivity index is 1.57. The number of hydrogen-bond acceptors (Lipinski definition) is 5. The average Bonchev–Trinajstić information content (AvgIpc) is 3.26. The third kappa shape index (κ3) is 4.17. The van der Waals surface area contributed by atoms with Crippen molar-refractivity contribution in [2.45, 2.75) is 13.8 Å². The van der Waals surface area contributed by atoms with Gasteiger partial charge in [-0.05, 0) is 61.1 Å². The average molecular weight is 438 g/mol. The summed E-state index contributed by atoms with van der Waals surface area (Å²) in [5, 5.41) is 5.92.